The number of aromatic nitrogens is 2. The predicted octanol–water partition coefficient (Wildman–Crippen LogP) is 3.49. The van der Waals surface area contributed by atoms with Gasteiger partial charge in [-0.15, -0.1) is 11.3 Å². The lowest BCUT2D eigenvalue weighted by Crippen LogP contribution is -2.36. The van der Waals surface area contributed by atoms with Gasteiger partial charge in [0.15, 0.2) is 0 Å². The van der Waals surface area contributed by atoms with Gasteiger partial charge in [0.05, 0.1) is 17.2 Å². The fraction of sp³-hybridized carbons (Fsp3) is 0.476. The van der Waals surface area contributed by atoms with Crippen molar-refractivity contribution in [3.8, 4) is 0 Å². The molecule has 0 spiro atoms. The van der Waals surface area contributed by atoms with Crippen molar-refractivity contribution in [2.45, 2.75) is 57.3 Å². The number of aliphatic carboxylic acids is 2. The van der Waals surface area contributed by atoms with Crippen LogP contribution in [0.2, 0.25) is 0 Å². The van der Waals surface area contributed by atoms with Crippen LogP contribution in [0.1, 0.15) is 29.1 Å². The van der Waals surface area contributed by atoms with Gasteiger partial charge in [-0.2, -0.15) is 26.3 Å². The van der Waals surface area contributed by atoms with Gasteiger partial charge in [0.1, 0.15) is 0 Å². The van der Waals surface area contributed by atoms with Crippen molar-refractivity contribution in [2.75, 3.05) is 6.54 Å². The second-order valence-corrected chi connectivity index (χ2v) is 9.00. The molecule has 2 N–H and O–H groups in total. The summed E-state index contributed by atoms with van der Waals surface area (Å²) >= 11 is 1.65. The quantitative estimate of drug-likeness (QED) is 0.549. The molecular weight excluding hydrogens is 534 g/mol. The maximum atomic E-state index is 12.5. The van der Waals surface area contributed by atoms with Crippen molar-refractivity contribution in [2.24, 2.45) is 0 Å². The highest BCUT2D eigenvalue weighted by molar-refractivity contribution is 7.09. The molecule has 0 unspecified atom stereocenters. The van der Waals surface area contributed by atoms with Gasteiger partial charge in [0, 0.05) is 49.4 Å². The number of hydrogen-bond acceptors (Lipinski definition) is 7. The number of hydrogen-bond donors (Lipinski definition) is 2. The molecule has 0 aliphatic carbocycles. The van der Waals surface area contributed by atoms with Gasteiger partial charge in [0.2, 0.25) is 5.91 Å². The third kappa shape index (κ3) is 8.96. The molecule has 0 radical (unpaired) electrons. The van der Waals surface area contributed by atoms with E-state index in [0.29, 0.717) is 25.0 Å². The zero-order valence-electron chi connectivity index (χ0n) is 19.2. The van der Waals surface area contributed by atoms with Gasteiger partial charge >= 0.3 is 24.3 Å². The van der Waals surface area contributed by atoms with Crippen LogP contribution in [-0.4, -0.2) is 78.8 Å². The van der Waals surface area contributed by atoms with Crippen molar-refractivity contribution in [1.29, 1.82) is 0 Å². The summed E-state index contributed by atoms with van der Waals surface area (Å²) in [7, 11) is 0. The van der Waals surface area contributed by atoms with E-state index in [1.807, 2.05) is 24.2 Å². The third-order valence-corrected chi connectivity index (χ3v) is 6.17. The zero-order valence-corrected chi connectivity index (χ0v) is 20.0. The minimum Gasteiger partial charge on any atom is -0.475 e. The Morgan fingerprint density at radius 1 is 1.03 bits per heavy atom. The Hall–Kier alpha value is -3.27. The van der Waals surface area contributed by atoms with E-state index in [1.54, 1.807) is 11.3 Å². The number of amides is 1. The van der Waals surface area contributed by atoms with E-state index in [4.69, 9.17) is 19.8 Å². The van der Waals surface area contributed by atoms with Crippen molar-refractivity contribution < 1.29 is 50.9 Å². The number of carbonyl (C=O) groups is 3. The smallest absolute Gasteiger partial charge is 0.475 e. The van der Waals surface area contributed by atoms with Crippen molar-refractivity contribution in [3.05, 3.63) is 46.2 Å². The summed E-state index contributed by atoms with van der Waals surface area (Å²) in [5, 5.41) is 17.4. The van der Waals surface area contributed by atoms with E-state index in [2.05, 4.69) is 32.4 Å². The topological polar surface area (TPSA) is 124 Å². The minimum absolute atomic E-state index is 0.269. The molecule has 16 heteroatoms. The first-order chi connectivity index (χ1) is 17.1. The molecule has 2 aromatic rings. The number of thiazole rings is 1. The lowest BCUT2D eigenvalue weighted by atomic mass is 10.1. The summed E-state index contributed by atoms with van der Waals surface area (Å²) in [6.07, 6.45) is -4.80. The monoisotopic (exact) mass is 556 g/mol. The molecule has 0 saturated carbocycles. The predicted molar refractivity (Wildman–Crippen MR) is 116 cm³/mol. The maximum absolute atomic E-state index is 12.5. The molecule has 2 aliphatic rings. The van der Waals surface area contributed by atoms with E-state index in [-0.39, 0.29) is 5.91 Å². The van der Waals surface area contributed by atoms with Crippen LogP contribution in [0, 0.1) is 6.92 Å². The Morgan fingerprint density at radius 2 is 1.57 bits per heavy atom. The molecule has 2 saturated heterocycles. The number of fused-ring (bicyclic) bond motifs is 1. The summed E-state index contributed by atoms with van der Waals surface area (Å²) in [5.74, 6) is -5.25. The van der Waals surface area contributed by atoms with Crippen molar-refractivity contribution in [3.63, 3.8) is 0 Å². The summed E-state index contributed by atoms with van der Waals surface area (Å²) in [5.41, 5.74) is 2.29. The first-order valence-corrected chi connectivity index (χ1v) is 11.4. The fourth-order valence-corrected chi connectivity index (χ4v) is 4.39. The maximum Gasteiger partial charge on any atom is 0.490 e. The number of alkyl halides is 6. The molecule has 1 amide bonds. The molecule has 2 aliphatic heterocycles. The lowest BCUT2D eigenvalue weighted by Gasteiger charge is -2.25. The Morgan fingerprint density at radius 3 is 2.03 bits per heavy atom. The zero-order chi connectivity index (χ0) is 28.0. The molecule has 37 heavy (non-hydrogen) atoms. The van der Waals surface area contributed by atoms with E-state index >= 15 is 0 Å². The third-order valence-electron chi connectivity index (χ3n) is 5.35. The van der Waals surface area contributed by atoms with Crippen LogP contribution in [0.5, 0.6) is 0 Å². The van der Waals surface area contributed by atoms with Crippen LogP contribution in [-0.2, 0) is 27.5 Å². The Labute approximate surface area is 210 Å². The van der Waals surface area contributed by atoms with Gasteiger partial charge in [0.25, 0.3) is 0 Å². The SMILES string of the molecule is Cc1nc(CN2C(=O)C[C@@H]3[C@@H]2CCN3Cc2ccncc2)cs1.O=C(O)C(F)(F)F.O=C(O)C(F)(F)F. The minimum atomic E-state index is -5.08. The summed E-state index contributed by atoms with van der Waals surface area (Å²) in [6.45, 7) is 4.63. The first-order valence-electron chi connectivity index (χ1n) is 10.5. The van der Waals surface area contributed by atoms with Crippen molar-refractivity contribution >= 4 is 29.2 Å². The van der Waals surface area contributed by atoms with Crippen LogP contribution in [0.4, 0.5) is 26.3 Å². The molecular formula is C21H22F6N4O5S. The van der Waals surface area contributed by atoms with Gasteiger partial charge in [-0.05, 0) is 31.0 Å². The van der Waals surface area contributed by atoms with Gasteiger partial charge in [-0.1, -0.05) is 0 Å². The van der Waals surface area contributed by atoms with Crippen LogP contribution in [0.25, 0.3) is 0 Å². The Kier molecular flexibility index (Phi) is 9.97. The molecule has 0 bridgehead atoms. The highest BCUT2D eigenvalue weighted by atomic mass is 32.1. The average molecular weight is 556 g/mol. The number of rotatable bonds is 4. The van der Waals surface area contributed by atoms with Crippen LogP contribution < -0.4 is 0 Å². The highest BCUT2D eigenvalue weighted by Crippen LogP contribution is 2.34. The number of carboxylic acid groups (broad SMARTS) is 2. The summed E-state index contributed by atoms with van der Waals surface area (Å²) in [6, 6.07) is 4.79. The van der Waals surface area contributed by atoms with E-state index in [1.165, 1.54) is 5.56 Å². The number of pyridine rings is 1. The molecule has 4 heterocycles. The highest BCUT2D eigenvalue weighted by Gasteiger charge is 2.46. The fourth-order valence-electron chi connectivity index (χ4n) is 3.79. The van der Waals surface area contributed by atoms with Crippen LogP contribution >= 0.6 is 11.3 Å². The molecule has 2 atom stereocenters. The first kappa shape index (κ1) is 30.0. The molecule has 4 rings (SSSR count). The molecule has 0 aromatic carbocycles. The van der Waals surface area contributed by atoms with E-state index in [0.717, 1.165) is 30.2 Å². The summed E-state index contributed by atoms with van der Waals surface area (Å²) < 4.78 is 63.5. The second kappa shape index (κ2) is 12.3. The number of nitrogens with zero attached hydrogens (tertiary/aromatic N) is 4. The molecule has 204 valence electrons. The number of aryl methyl sites for hydroxylation is 1. The average Bonchev–Trinajstić information content (AvgIpc) is 3.46. The lowest BCUT2D eigenvalue weighted by molar-refractivity contribution is -0.193. The summed E-state index contributed by atoms with van der Waals surface area (Å²) in [4.78, 5) is 43.3. The second-order valence-electron chi connectivity index (χ2n) is 7.94. The standard InChI is InChI=1S/C17H20N4OS.2C2HF3O2/c1-12-19-14(11-23-12)10-21-15-4-7-20(16(15)8-17(21)22)9-13-2-5-18-6-3-13;2*3-2(4,5)1(6)7/h2-3,5-6,11,15-16H,4,7-10H2,1H3;2*(H,6,7)/t15-,16+;;/m0../s1. The normalized spacial score (nSPS) is 19.4. The number of halogens is 6. The number of likely N-dealkylation sites (tertiary alicyclic amines) is 2. The van der Waals surface area contributed by atoms with Gasteiger partial charge < -0.3 is 15.1 Å². The van der Waals surface area contributed by atoms with Gasteiger partial charge in [-0.25, -0.2) is 14.6 Å². The Balaban J connectivity index is 0.000000286. The number of carbonyl (C=O) groups excluding carboxylic acids is 1. The molecule has 9 nitrogen and oxygen atoms in total. The van der Waals surface area contributed by atoms with E-state index in [9.17, 15) is 31.1 Å². The van der Waals surface area contributed by atoms with Gasteiger partial charge in [-0.3, -0.25) is 14.7 Å². The molecule has 2 aromatic heterocycles. The van der Waals surface area contributed by atoms with Crippen LogP contribution in [0.15, 0.2) is 29.9 Å². The van der Waals surface area contributed by atoms with Crippen molar-refractivity contribution in [1.82, 2.24) is 19.8 Å². The largest absolute Gasteiger partial charge is 0.490 e. The molecule has 2 fully saturated rings. The Bertz CT molecular complexity index is 1060. The number of carboxylic acids is 2. The van der Waals surface area contributed by atoms with E-state index < -0.39 is 24.3 Å². The van der Waals surface area contributed by atoms with Crippen LogP contribution in [0.3, 0.4) is 0 Å².